The predicted octanol–water partition coefficient (Wildman–Crippen LogP) is 1.70. The van der Waals surface area contributed by atoms with Gasteiger partial charge in [-0.25, -0.2) is 4.98 Å². The molecule has 0 fully saturated rings. The third-order valence-electron chi connectivity index (χ3n) is 4.14. The molecular weight excluding hydrogens is 356 g/mol. The van der Waals surface area contributed by atoms with Crippen LogP contribution in [0.25, 0.3) is 0 Å². The van der Waals surface area contributed by atoms with Crippen LogP contribution in [-0.4, -0.2) is 49.6 Å². The lowest BCUT2D eigenvalue weighted by atomic mass is 10.1. The number of benzene rings is 1. The first-order valence-electron chi connectivity index (χ1n) is 8.33. The highest BCUT2D eigenvalue weighted by molar-refractivity contribution is 7.87. The number of hydrogen-bond donors (Lipinski definition) is 1. The third-order valence-corrected chi connectivity index (χ3v) is 5.87. The Kier molecular flexibility index (Phi) is 6.63. The van der Waals surface area contributed by atoms with Crippen LogP contribution in [0, 0.1) is 0 Å². The van der Waals surface area contributed by atoms with Gasteiger partial charge >= 0.3 is 0 Å². The van der Waals surface area contributed by atoms with Crippen molar-refractivity contribution >= 4 is 10.2 Å². The van der Waals surface area contributed by atoms with Gasteiger partial charge in [0.2, 0.25) is 0 Å². The van der Waals surface area contributed by atoms with Crippen molar-refractivity contribution in [3.05, 3.63) is 42.0 Å². The number of aryl methyl sites for hydroxylation is 1. The zero-order chi connectivity index (χ0) is 19.3. The number of rotatable bonds is 9. The molecule has 9 heteroatoms. The van der Waals surface area contributed by atoms with Crippen molar-refractivity contribution in [2.45, 2.75) is 19.9 Å². The highest BCUT2D eigenvalue weighted by Crippen LogP contribution is 2.30. The molecule has 0 saturated carbocycles. The number of aromatic nitrogens is 2. The van der Waals surface area contributed by atoms with Crippen LogP contribution in [0.1, 0.15) is 31.3 Å². The van der Waals surface area contributed by atoms with Gasteiger partial charge in [-0.2, -0.15) is 17.4 Å². The van der Waals surface area contributed by atoms with Crippen LogP contribution in [0.4, 0.5) is 0 Å². The molecule has 0 bridgehead atoms. The van der Waals surface area contributed by atoms with Gasteiger partial charge in [-0.1, -0.05) is 13.8 Å². The van der Waals surface area contributed by atoms with E-state index in [9.17, 15) is 8.42 Å². The van der Waals surface area contributed by atoms with Gasteiger partial charge in [0.1, 0.15) is 23.4 Å². The van der Waals surface area contributed by atoms with Crippen LogP contribution < -0.4 is 14.2 Å². The second kappa shape index (κ2) is 8.52. The van der Waals surface area contributed by atoms with Gasteiger partial charge in [-0.3, -0.25) is 0 Å². The summed E-state index contributed by atoms with van der Waals surface area (Å²) in [5, 5.41) is 0. The number of methoxy groups -OCH3 is 2. The van der Waals surface area contributed by atoms with Gasteiger partial charge in [0.25, 0.3) is 10.2 Å². The Morgan fingerprint density at radius 3 is 2.15 bits per heavy atom. The van der Waals surface area contributed by atoms with E-state index in [4.69, 9.17) is 9.47 Å². The van der Waals surface area contributed by atoms with E-state index in [0.717, 1.165) is 0 Å². The quantitative estimate of drug-likeness (QED) is 0.713. The summed E-state index contributed by atoms with van der Waals surface area (Å²) in [7, 11) is 1.21. The van der Waals surface area contributed by atoms with E-state index in [0.29, 0.717) is 36.0 Å². The van der Waals surface area contributed by atoms with Crippen molar-refractivity contribution in [2.24, 2.45) is 7.05 Å². The van der Waals surface area contributed by atoms with Crippen LogP contribution in [-0.2, 0) is 17.3 Å². The first-order valence-corrected chi connectivity index (χ1v) is 9.77. The standard InChI is InChI=1S/C17H26N4O4S/c1-6-21(7-2)26(22,23)19-16(17-18-8-9-20(17)3)13-10-14(24-4)12-15(11-13)25-5/h8-12,16,19H,6-7H2,1-5H3/t16-/m1/s1. The summed E-state index contributed by atoms with van der Waals surface area (Å²) in [6.07, 6.45) is 3.40. The number of ether oxygens (including phenoxy) is 2. The van der Waals surface area contributed by atoms with E-state index < -0.39 is 16.3 Å². The molecule has 0 radical (unpaired) electrons. The molecule has 2 aromatic rings. The Balaban J connectivity index is 2.55. The number of hydrogen-bond acceptors (Lipinski definition) is 5. The average Bonchev–Trinajstić information content (AvgIpc) is 3.05. The Labute approximate surface area is 154 Å². The molecule has 0 spiro atoms. The molecule has 2 rings (SSSR count). The van der Waals surface area contributed by atoms with Gasteiger partial charge < -0.3 is 14.0 Å². The summed E-state index contributed by atoms with van der Waals surface area (Å²) in [6.45, 7) is 4.35. The molecule has 8 nitrogen and oxygen atoms in total. The summed E-state index contributed by atoms with van der Waals surface area (Å²) < 4.78 is 42.2. The van der Waals surface area contributed by atoms with E-state index >= 15 is 0 Å². The monoisotopic (exact) mass is 382 g/mol. The molecule has 1 N–H and O–H groups in total. The lowest BCUT2D eigenvalue weighted by Gasteiger charge is -2.25. The molecule has 0 unspecified atom stereocenters. The molecule has 0 saturated heterocycles. The highest BCUT2D eigenvalue weighted by atomic mass is 32.2. The van der Waals surface area contributed by atoms with Crippen molar-refractivity contribution in [1.29, 1.82) is 0 Å². The molecule has 0 amide bonds. The smallest absolute Gasteiger partial charge is 0.280 e. The van der Waals surface area contributed by atoms with E-state index in [1.165, 1.54) is 4.31 Å². The molecule has 1 aromatic heterocycles. The zero-order valence-electron chi connectivity index (χ0n) is 15.8. The number of imidazole rings is 1. The Morgan fingerprint density at radius 2 is 1.73 bits per heavy atom. The average molecular weight is 382 g/mol. The maximum atomic E-state index is 12.8. The normalized spacial score (nSPS) is 13.0. The largest absolute Gasteiger partial charge is 0.497 e. The highest BCUT2D eigenvalue weighted by Gasteiger charge is 2.28. The molecule has 0 aliphatic heterocycles. The van der Waals surface area contributed by atoms with E-state index in [1.807, 2.05) is 7.05 Å². The van der Waals surface area contributed by atoms with Gasteiger partial charge in [0.15, 0.2) is 0 Å². The maximum Gasteiger partial charge on any atom is 0.280 e. The molecule has 1 heterocycles. The van der Waals surface area contributed by atoms with Crippen LogP contribution >= 0.6 is 0 Å². The molecule has 1 aromatic carbocycles. The molecule has 0 aliphatic rings. The minimum Gasteiger partial charge on any atom is -0.497 e. The third kappa shape index (κ3) is 4.35. The Bertz CT molecular complexity index is 809. The molecule has 144 valence electrons. The fourth-order valence-corrected chi connectivity index (χ4v) is 4.08. The molecular formula is C17H26N4O4S. The SMILES string of the molecule is CCN(CC)S(=O)(=O)N[C@H](c1cc(OC)cc(OC)c1)c1nccn1C. The van der Waals surface area contributed by atoms with Gasteiger partial charge in [-0.05, 0) is 17.7 Å². The Morgan fingerprint density at radius 1 is 1.15 bits per heavy atom. The van der Waals surface area contributed by atoms with Crippen LogP contribution in [0.3, 0.4) is 0 Å². The minimum atomic E-state index is -3.70. The van der Waals surface area contributed by atoms with E-state index in [2.05, 4.69) is 9.71 Å². The molecule has 0 aliphatic carbocycles. The number of nitrogens with zero attached hydrogens (tertiary/aromatic N) is 3. The predicted molar refractivity (Wildman–Crippen MR) is 99.6 cm³/mol. The molecule has 26 heavy (non-hydrogen) atoms. The van der Waals surface area contributed by atoms with Crippen LogP contribution in [0.5, 0.6) is 11.5 Å². The van der Waals surface area contributed by atoms with Crippen LogP contribution in [0.15, 0.2) is 30.6 Å². The van der Waals surface area contributed by atoms with Gasteiger partial charge in [0.05, 0.1) is 14.2 Å². The second-order valence-corrected chi connectivity index (χ2v) is 7.38. The fourth-order valence-electron chi connectivity index (χ4n) is 2.71. The lowest BCUT2D eigenvalue weighted by molar-refractivity contribution is 0.392. The van der Waals surface area contributed by atoms with Gasteiger partial charge in [0, 0.05) is 38.6 Å². The fraction of sp³-hybridized carbons (Fsp3) is 0.471. The lowest BCUT2D eigenvalue weighted by Crippen LogP contribution is -2.43. The van der Waals surface area contributed by atoms with Gasteiger partial charge in [-0.15, -0.1) is 0 Å². The van der Waals surface area contributed by atoms with Crippen molar-refractivity contribution in [3.8, 4) is 11.5 Å². The first-order chi connectivity index (χ1) is 12.4. The summed E-state index contributed by atoms with van der Waals surface area (Å²) in [4.78, 5) is 4.33. The van der Waals surface area contributed by atoms with E-state index in [-0.39, 0.29) is 0 Å². The van der Waals surface area contributed by atoms with Crippen molar-refractivity contribution in [1.82, 2.24) is 18.6 Å². The van der Waals surface area contributed by atoms with Crippen molar-refractivity contribution in [2.75, 3.05) is 27.3 Å². The summed E-state index contributed by atoms with van der Waals surface area (Å²) >= 11 is 0. The van der Waals surface area contributed by atoms with Crippen molar-refractivity contribution < 1.29 is 17.9 Å². The first kappa shape index (κ1) is 20.2. The van der Waals surface area contributed by atoms with Crippen LogP contribution in [0.2, 0.25) is 0 Å². The maximum absolute atomic E-state index is 12.8. The second-order valence-electron chi connectivity index (χ2n) is 5.68. The molecule has 1 atom stereocenters. The van der Waals surface area contributed by atoms with Crippen molar-refractivity contribution in [3.63, 3.8) is 0 Å². The summed E-state index contributed by atoms with van der Waals surface area (Å²) in [5.41, 5.74) is 0.672. The Hall–Kier alpha value is -2.10. The summed E-state index contributed by atoms with van der Waals surface area (Å²) in [6, 6.07) is 4.58. The minimum absolute atomic E-state index is 0.376. The topological polar surface area (TPSA) is 85.7 Å². The van der Waals surface area contributed by atoms with E-state index in [1.54, 1.807) is 63.2 Å². The number of nitrogens with one attached hydrogen (secondary N) is 1. The zero-order valence-corrected chi connectivity index (χ0v) is 16.6. The summed E-state index contributed by atoms with van der Waals surface area (Å²) in [5.74, 6) is 1.71.